The Bertz CT molecular complexity index is 3220. The number of hydrogen-bond acceptors (Lipinski definition) is 4. The Morgan fingerprint density at radius 2 is 0.965 bits per heavy atom. The van der Waals surface area contributed by atoms with Gasteiger partial charge in [-0.05, 0) is 81.1 Å². The average Bonchev–Trinajstić information content (AvgIpc) is 3.89. The number of anilines is 3. The minimum Gasteiger partial charge on any atom is -0.456 e. The first-order chi connectivity index (χ1) is 28.3. The van der Waals surface area contributed by atoms with Crippen LogP contribution in [0.25, 0.3) is 86.9 Å². The fraction of sp³-hybridized carbons (Fsp3) is 0. The van der Waals surface area contributed by atoms with Crippen molar-refractivity contribution in [1.29, 1.82) is 0 Å². The third kappa shape index (κ3) is 5.78. The summed E-state index contributed by atoms with van der Waals surface area (Å²) in [5, 5.41) is 5.69. The molecule has 268 valence electrons. The molecular weight excluding hydrogens is 713 g/mol. The Labute approximate surface area is 334 Å². The summed E-state index contributed by atoms with van der Waals surface area (Å²) >= 11 is 1.72. The van der Waals surface area contributed by atoms with Gasteiger partial charge in [0.25, 0.3) is 0 Å². The molecule has 0 saturated heterocycles. The van der Waals surface area contributed by atoms with Crippen molar-refractivity contribution in [2.45, 2.75) is 0 Å². The lowest BCUT2D eigenvalue weighted by molar-refractivity contribution is 0.669. The van der Waals surface area contributed by atoms with Crippen LogP contribution in [0.15, 0.2) is 211 Å². The van der Waals surface area contributed by atoms with E-state index >= 15 is 0 Å². The topological polar surface area (TPSA) is 29.3 Å². The summed E-state index contributed by atoms with van der Waals surface area (Å²) in [7, 11) is 0. The number of fused-ring (bicyclic) bond motifs is 6. The Morgan fingerprint density at radius 3 is 1.65 bits per heavy atom. The van der Waals surface area contributed by atoms with E-state index in [1.54, 1.807) is 11.3 Å². The molecule has 3 nitrogen and oxygen atoms in total. The van der Waals surface area contributed by atoms with Crippen molar-refractivity contribution < 1.29 is 4.42 Å². The van der Waals surface area contributed by atoms with Gasteiger partial charge in [0, 0.05) is 39.3 Å². The molecule has 0 fully saturated rings. The first-order valence-electron chi connectivity index (χ1n) is 19.2. The second-order valence-electron chi connectivity index (χ2n) is 14.3. The molecule has 0 saturated carbocycles. The van der Waals surface area contributed by atoms with Crippen molar-refractivity contribution in [2.24, 2.45) is 0 Å². The fourth-order valence-corrected chi connectivity index (χ4v) is 9.37. The fourth-order valence-electron chi connectivity index (χ4n) is 8.25. The van der Waals surface area contributed by atoms with E-state index in [0.717, 1.165) is 70.9 Å². The standard InChI is InChI=1S/C53H34N2OS/c1-4-14-35(15-5-1)41-30-31-42(45-22-11-10-21-44(41)45)37-24-26-39(27-25-37)55(48-23-13-12-20-43(48)36-16-6-2-7-17-36)40-28-29-46-50(34-40)56-49-33-32-47-52(51(46)49)57-53(54-47)38-18-8-3-9-19-38/h1-34H. The molecule has 0 N–H and O–H groups in total. The lowest BCUT2D eigenvalue weighted by Crippen LogP contribution is -2.11. The van der Waals surface area contributed by atoms with Crippen molar-refractivity contribution in [3.05, 3.63) is 206 Å². The maximum Gasteiger partial charge on any atom is 0.137 e. The van der Waals surface area contributed by atoms with Crippen molar-refractivity contribution in [2.75, 3.05) is 4.90 Å². The first kappa shape index (κ1) is 33.1. The molecule has 11 rings (SSSR count). The van der Waals surface area contributed by atoms with Crippen LogP contribution in [0.4, 0.5) is 17.1 Å². The second kappa shape index (κ2) is 13.8. The van der Waals surface area contributed by atoms with E-state index in [-0.39, 0.29) is 0 Å². The van der Waals surface area contributed by atoms with Crippen molar-refractivity contribution in [1.82, 2.24) is 4.98 Å². The number of para-hydroxylation sites is 1. The maximum absolute atomic E-state index is 6.66. The normalized spacial score (nSPS) is 11.5. The highest BCUT2D eigenvalue weighted by atomic mass is 32.1. The maximum atomic E-state index is 6.66. The lowest BCUT2D eigenvalue weighted by Gasteiger charge is -2.28. The van der Waals surface area contributed by atoms with Crippen LogP contribution in [0.5, 0.6) is 0 Å². The molecule has 0 radical (unpaired) electrons. The second-order valence-corrected chi connectivity index (χ2v) is 15.3. The van der Waals surface area contributed by atoms with Crippen LogP contribution in [-0.4, -0.2) is 4.98 Å². The molecular formula is C53H34N2OS. The summed E-state index contributed by atoms with van der Waals surface area (Å²) in [5.74, 6) is 0. The van der Waals surface area contributed by atoms with E-state index in [0.29, 0.717) is 0 Å². The van der Waals surface area contributed by atoms with E-state index in [9.17, 15) is 0 Å². The molecule has 11 aromatic rings. The quantitative estimate of drug-likeness (QED) is 0.163. The van der Waals surface area contributed by atoms with Crippen LogP contribution in [0.2, 0.25) is 0 Å². The SMILES string of the molecule is c1ccc(-c2nc3ccc4oc5cc(N(c6ccc(-c7ccc(-c8ccccc8)c8ccccc78)cc6)c6ccccc6-c6ccccc6)ccc5c4c3s2)cc1. The van der Waals surface area contributed by atoms with Gasteiger partial charge in [-0.25, -0.2) is 4.98 Å². The third-order valence-electron chi connectivity index (χ3n) is 10.9. The number of furan rings is 1. The van der Waals surface area contributed by atoms with E-state index in [2.05, 4.69) is 205 Å². The zero-order chi connectivity index (χ0) is 37.7. The van der Waals surface area contributed by atoms with E-state index in [1.807, 2.05) is 6.07 Å². The van der Waals surface area contributed by atoms with Gasteiger partial charge in [-0.2, -0.15) is 0 Å². The first-order valence-corrected chi connectivity index (χ1v) is 20.0. The van der Waals surface area contributed by atoms with Gasteiger partial charge in [0.15, 0.2) is 0 Å². The van der Waals surface area contributed by atoms with Gasteiger partial charge in [0.2, 0.25) is 0 Å². The Balaban J connectivity index is 1.05. The van der Waals surface area contributed by atoms with E-state index in [4.69, 9.17) is 9.40 Å². The number of thiazole rings is 1. The van der Waals surface area contributed by atoms with E-state index < -0.39 is 0 Å². The molecule has 0 aliphatic rings. The highest BCUT2D eigenvalue weighted by Gasteiger charge is 2.21. The van der Waals surface area contributed by atoms with Crippen LogP contribution in [0.3, 0.4) is 0 Å². The molecule has 0 amide bonds. The number of hydrogen-bond donors (Lipinski definition) is 0. The molecule has 2 heterocycles. The van der Waals surface area contributed by atoms with Crippen LogP contribution >= 0.6 is 11.3 Å². The smallest absolute Gasteiger partial charge is 0.137 e. The lowest BCUT2D eigenvalue weighted by atomic mass is 9.92. The predicted molar refractivity (Wildman–Crippen MR) is 241 cm³/mol. The Morgan fingerprint density at radius 1 is 0.404 bits per heavy atom. The zero-order valence-corrected chi connectivity index (χ0v) is 31.7. The molecule has 0 atom stereocenters. The molecule has 0 aliphatic heterocycles. The molecule has 0 aliphatic carbocycles. The number of aromatic nitrogens is 1. The molecule has 57 heavy (non-hydrogen) atoms. The summed E-state index contributed by atoms with van der Waals surface area (Å²) in [6.45, 7) is 0. The Kier molecular flexibility index (Phi) is 8.01. The van der Waals surface area contributed by atoms with Gasteiger partial charge in [0.05, 0.1) is 15.9 Å². The summed E-state index contributed by atoms with van der Waals surface area (Å²) in [5.41, 5.74) is 14.1. The minimum absolute atomic E-state index is 0.841. The highest BCUT2D eigenvalue weighted by molar-refractivity contribution is 7.22. The van der Waals surface area contributed by atoms with Gasteiger partial charge in [-0.3, -0.25) is 0 Å². The van der Waals surface area contributed by atoms with E-state index in [1.165, 1.54) is 33.0 Å². The molecule has 4 heteroatoms. The van der Waals surface area contributed by atoms with Crippen LogP contribution in [0, 0.1) is 0 Å². The summed E-state index contributed by atoms with van der Waals surface area (Å²) in [6.07, 6.45) is 0. The number of nitrogens with zero attached hydrogens (tertiary/aromatic N) is 2. The van der Waals surface area contributed by atoms with Gasteiger partial charge < -0.3 is 9.32 Å². The van der Waals surface area contributed by atoms with Crippen molar-refractivity contribution in [3.63, 3.8) is 0 Å². The summed E-state index contributed by atoms with van der Waals surface area (Å²) < 4.78 is 7.81. The van der Waals surface area contributed by atoms with Gasteiger partial charge in [-0.15, -0.1) is 11.3 Å². The highest BCUT2D eigenvalue weighted by Crippen LogP contribution is 2.45. The molecule has 0 unspecified atom stereocenters. The van der Waals surface area contributed by atoms with Gasteiger partial charge in [0.1, 0.15) is 16.2 Å². The minimum atomic E-state index is 0.841. The molecule has 0 bridgehead atoms. The molecule has 0 spiro atoms. The third-order valence-corrected chi connectivity index (χ3v) is 12.1. The van der Waals surface area contributed by atoms with Crippen LogP contribution < -0.4 is 4.90 Å². The summed E-state index contributed by atoms with van der Waals surface area (Å²) in [4.78, 5) is 7.37. The molecule has 2 aromatic heterocycles. The van der Waals surface area contributed by atoms with Crippen LogP contribution in [0.1, 0.15) is 0 Å². The largest absolute Gasteiger partial charge is 0.456 e. The number of rotatable bonds is 7. The van der Waals surface area contributed by atoms with Gasteiger partial charge in [-0.1, -0.05) is 158 Å². The number of benzene rings is 9. The van der Waals surface area contributed by atoms with Crippen molar-refractivity contribution in [3.8, 4) is 44.0 Å². The van der Waals surface area contributed by atoms with Gasteiger partial charge >= 0.3 is 0 Å². The Hall–Kier alpha value is -7.27. The van der Waals surface area contributed by atoms with Crippen LogP contribution in [-0.2, 0) is 0 Å². The zero-order valence-electron chi connectivity index (χ0n) is 30.8. The summed E-state index contributed by atoms with van der Waals surface area (Å²) in [6, 6.07) is 73.3. The average molecular weight is 747 g/mol. The monoisotopic (exact) mass is 746 g/mol. The predicted octanol–water partition coefficient (Wildman–Crippen LogP) is 15.5. The molecule has 9 aromatic carbocycles. The van der Waals surface area contributed by atoms with Crippen molar-refractivity contribution >= 4 is 71.3 Å².